The number of ether oxygens (including phenoxy) is 1. The van der Waals surface area contributed by atoms with Crippen molar-refractivity contribution in [2.45, 2.75) is 25.7 Å². The van der Waals surface area contributed by atoms with Crippen LogP contribution in [-0.4, -0.2) is 24.0 Å². The number of carbonyl (C=O) groups is 1. The molecule has 0 radical (unpaired) electrons. The fraction of sp³-hybridized carbons (Fsp3) is 0.368. The molecule has 2 aromatic rings. The average Bonchev–Trinajstić information content (AvgIpc) is 2.62. The van der Waals surface area contributed by atoms with Gasteiger partial charge in [-0.1, -0.05) is 6.07 Å². The van der Waals surface area contributed by atoms with Gasteiger partial charge in [-0.2, -0.15) is 0 Å². The standard InChI is InChI=1S/C19H23N3O2/c23-19(5-4-15-6-10-20-11-7-15)22-16-2-1-3-18(14-16)24-17-8-12-21-13-9-17/h1-3,8-9,12-15,20H,4-7,10-11H2,(H,22,23). The second-order valence-corrected chi connectivity index (χ2v) is 6.09. The van der Waals surface area contributed by atoms with Gasteiger partial charge in [-0.3, -0.25) is 9.78 Å². The van der Waals surface area contributed by atoms with Gasteiger partial charge >= 0.3 is 0 Å². The molecule has 3 rings (SSSR count). The van der Waals surface area contributed by atoms with Crippen molar-refractivity contribution < 1.29 is 9.53 Å². The largest absolute Gasteiger partial charge is 0.457 e. The minimum atomic E-state index is 0.0644. The summed E-state index contributed by atoms with van der Waals surface area (Å²) in [4.78, 5) is 16.1. The van der Waals surface area contributed by atoms with Gasteiger partial charge in [0.25, 0.3) is 0 Å². The molecule has 1 aromatic carbocycles. The quantitative estimate of drug-likeness (QED) is 0.852. The molecule has 1 aliphatic rings. The lowest BCUT2D eigenvalue weighted by Crippen LogP contribution is -2.28. The number of hydrogen-bond acceptors (Lipinski definition) is 4. The number of benzene rings is 1. The first kappa shape index (κ1) is 16.5. The molecule has 1 aliphatic heterocycles. The summed E-state index contributed by atoms with van der Waals surface area (Å²) in [5.74, 6) is 2.14. The first-order chi connectivity index (χ1) is 11.8. The minimum absolute atomic E-state index is 0.0644. The highest BCUT2D eigenvalue weighted by atomic mass is 16.5. The Labute approximate surface area is 142 Å². The van der Waals surface area contributed by atoms with Crippen molar-refractivity contribution >= 4 is 11.6 Å². The number of anilines is 1. The van der Waals surface area contributed by atoms with Crippen LogP contribution in [0.25, 0.3) is 0 Å². The zero-order chi connectivity index (χ0) is 16.6. The summed E-state index contributed by atoms with van der Waals surface area (Å²) in [6.07, 6.45) is 7.23. The second kappa shape index (κ2) is 8.45. The number of piperidine rings is 1. The van der Waals surface area contributed by atoms with Crippen LogP contribution in [0.3, 0.4) is 0 Å². The summed E-state index contributed by atoms with van der Waals surface area (Å²) < 4.78 is 5.76. The SMILES string of the molecule is O=C(CCC1CCNCC1)Nc1cccc(Oc2ccncc2)c1. The van der Waals surface area contributed by atoms with Crippen molar-refractivity contribution in [3.63, 3.8) is 0 Å². The van der Waals surface area contributed by atoms with E-state index in [4.69, 9.17) is 4.74 Å². The number of carbonyl (C=O) groups excluding carboxylic acids is 1. The van der Waals surface area contributed by atoms with Crippen molar-refractivity contribution in [1.82, 2.24) is 10.3 Å². The fourth-order valence-corrected chi connectivity index (χ4v) is 2.91. The molecule has 24 heavy (non-hydrogen) atoms. The predicted molar refractivity (Wildman–Crippen MR) is 94.2 cm³/mol. The molecule has 126 valence electrons. The Balaban J connectivity index is 1.51. The van der Waals surface area contributed by atoms with Crippen LogP contribution in [0.5, 0.6) is 11.5 Å². The monoisotopic (exact) mass is 325 g/mol. The van der Waals surface area contributed by atoms with Crippen molar-refractivity contribution in [2.75, 3.05) is 18.4 Å². The molecule has 5 heteroatoms. The van der Waals surface area contributed by atoms with E-state index in [-0.39, 0.29) is 5.91 Å². The summed E-state index contributed by atoms with van der Waals surface area (Å²) in [7, 11) is 0. The van der Waals surface area contributed by atoms with Gasteiger partial charge in [0.1, 0.15) is 11.5 Å². The third-order valence-corrected chi connectivity index (χ3v) is 4.24. The summed E-state index contributed by atoms with van der Waals surface area (Å²) in [6.45, 7) is 2.14. The van der Waals surface area contributed by atoms with Gasteiger partial charge in [0.2, 0.25) is 5.91 Å². The molecule has 0 unspecified atom stereocenters. The molecule has 0 bridgehead atoms. The number of hydrogen-bond donors (Lipinski definition) is 2. The molecule has 5 nitrogen and oxygen atoms in total. The molecule has 1 saturated heterocycles. The first-order valence-electron chi connectivity index (χ1n) is 8.48. The molecule has 0 spiro atoms. The summed E-state index contributed by atoms with van der Waals surface area (Å²) in [5.41, 5.74) is 0.761. The summed E-state index contributed by atoms with van der Waals surface area (Å²) in [5, 5.41) is 6.31. The van der Waals surface area contributed by atoms with Crippen molar-refractivity contribution in [3.05, 3.63) is 48.8 Å². The van der Waals surface area contributed by atoms with E-state index in [9.17, 15) is 4.79 Å². The highest BCUT2D eigenvalue weighted by molar-refractivity contribution is 5.90. The molecule has 1 amide bonds. The zero-order valence-electron chi connectivity index (χ0n) is 13.7. The minimum Gasteiger partial charge on any atom is -0.457 e. The van der Waals surface area contributed by atoms with Gasteiger partial charge in [-0.05, 0) is 62.5 Å². The van der Waals surface area contributed by atoms with Gasteiger partial charge in [0.05, 0.1) is 0 Å². The van der Waals surface area contributed by atoms with Crippen molar-refractivity contribution in [3.8, 4) is 11.5 Å². The maximum absolute atomic E-state index is 12.1. The van der Waals surface area contributed by atoms with Gasteiger partial charge in [-0.15, -0.1) is 0 Å². The Morgan fingerprint density at radius 2 is 1.96 bits per heavy atom. The summed E-state index contributed by atoms with van der Waals surface area (Å²) in [6, 6.07) is 11.0. The molecule has 0 atom stereocenters. The number of amides is 1. The van der Waals surface area contributed by atoms with E-state index in [1.54, 1.807) is 24.5 Å². The maximum atomic E-state index is 12.1. The third-order valence-electron chi connectivity index (χ3n) is 4.24. The van der Waals surface area contributed by atoms with Crippen LogP contribution in [-0.2, 0) is 4.79 Å². The van der Waals surface area contributed by atoms with Crippen molar-refractivity contribution in [2.24, 2.45) is 5.92 Å². The molecular weight excluding hydrogens is 302 g/mol. The molecule has 0 aliphatic carbocycles. The van der Waals surface area contributed by atoms with Crippen LogP contribution >= 0.6 is 0 Å². The Morgan fingerprint density at radius 3 is 2.75 bits per heavy atom. The van der Waals surface area contributed by atoms with Crippen molar-refractivity contribution in [1.29, 1.82) is 0 Å². The molecule has 2 heterocycles. The molecule has 1 fully saturated rings. The third kappa shape index (κ3) is 5.06. The van der Waals surface area contributed by atoms with E-state index in [1.165, 1.54) is 12.8 Å². The lowest BCUT2D eigenvalue weighted by Gasteiger charge is -2.22. The van der Waals surface area contributed by atoms with E-state index in [1.807, 2.05) is 24.3 Å². The van der Waals surface area contributed by atoms with E-state index >= 15 is 0 Å². The Kier molecular flexibility index (Phi) is 5.80. The Bertz CT molecular complexity index is 655. The zero-order valence-corrected chi connectivity index (χ0v) is 13.7. The predicted octanol–water partition coefficient (Wildman–Crippen LogP) is 3.59. The van der Waals surface area contributed by atoms with Crippen LogP contribution < -0.4 is 15.4 Å². The number of pyridine rings is 1. The van der Waals surface area contributed by atoms with Gasteiger partial charge in [0, 0.05) is 30.6 Å². The molecule has 0 saturated carbocycles. The molecular formula is C19H23N3O2. The number of nitrogens with one attached hydrogen (secondary N) is 2. The molecule has 2 N–H and O–H groups in total. The van der Waals surface area contributed by atoms with Crippen LogP contribution in [0.2, 0.25) is 0 Å². The number of aromatic nitrogens is 1. The van der Waals surface area contributed by atoms with Gasteiger partial charge in [-0.25, -0.2) is 0 Å². The topological polar surface area (TPSA) is 63.2 Å². The highest BCUT2D eigenvalue weighted by Crippen LogP contribution is 2.24. The molecule has 1 aromatic heterocycles. The van der Waals surface area contributed by atoms with E-state index in [0.717, 1.165) is 30.9 Å². The van der Waals surface area contributed by atoms with Crippen LogP contribution in [0.15, 0.2) is 48.8 Å². The van der Waals surface area contributed by atoms with E-state index in [0.29, 0.717) is 18.1 Å². The average molecular weight is 325 g/mol. The fourth-order valence-electron chi connectivity index (χ4n) is 2.91. The number of rotatable bonds is 6. The second-order valence-electron chi connectivity index (χ2n) is 6.09. The van der Waals surface area contributed by atoms with Crippen LogP contribution in [0.1, 0.15) is 25.7 Å². The lowest BCUT2D eigenvalue weighted by molar-refractivity contribution is -0.116. The highest BCUT2D eigenvalue weighted by Gasteiger charge is 2.14. The van der Waals surface area contributed by atoms with E-state index in [2.05, 4.69) is 15.6 Å². The Morgan fingerprint density at radius 1 is 1.17 bits per heavy atom. The first-order valence-corrected chi connectivity index (χ1v) is 8.48. The number of nitrogens with zero attached hydrogens (tertiary/aromatic N) is 1. The lowest BCUT2D eigenvalue weighted by atomic mass is 9.93. The van der Waals surface area contributed by atoms with Gasteiger partial charge < -0.3 is 15.4 Å². The smallest absolute Gasteiger partial charge is 0.224 e. The normalized spacial score (nSPS) is 15.0. The van der Waals surface area contributed by atoms with Gasteiger partial charge in [0.15, 0.2) is 0 Å². The summed E-state index contributed by atoms with van der Waals surface area (Å²) >= 11 is 0. The van der Waals surface area contributed by atoms with E-state index < -0.39 is 0 Å². The Hall–Kier alpha value is -2.40. The maximum Gasteiger partial charge on any atom is 0.224 e. The van der Waals surface area contributed by atoms with Crippen LogP contribution in [0.4, 0.5) is 5.69 Å². The van der Waals surface area contributed by atoms with Crippen LogP contribution in [0, 0.1) is 5.92 Å².